The molecule has 54 valence electrons. The number of hydrogen-bond acceptors (Lipinski definition) is 0. The van der Waals surface area contributed by atoms with Gasteiger partial charge in [0, 0.05) is 6.92 Å². The van der Waals surface area contributed by atoms with Gasteiger partial charge < -0.3 is 0 Å². The molecule has 0 aromatic heterocycles. The van der Waals surface area contributed by atoms with Gasteiger partial charge in [0.1, 0.15) is 0 Å². The third-order valence-electron chi connectivity index (χ3n) is 0.866. The lowest BCUT2D eigenvalue weighted by Gasteiger charge is -2.00. The molecule has 0 radical (unpaired) electrons. The molecule has 0 amide bonds. The van der Waals surface area contributed by atoms with E-state index in [2.05, 4.69) is 0 Å². The van der Waals surface area contributed by atoms with E-state index < -0.39 is 5.92 Å². The van der Waals surface area contributed by atoms with E-state index in [4.69, 9.17) is 0 Å². The molecule has 0 unspecified atom stereocenters. The van der Waals surface area contributed by atoms with Crippen LogP contribution in [0.25, 0.3) is 0 Å². The van der Waals surface area contributed by atoms with Crippen LogP contribution in [0.3, 0.4) is 0 Å². The van der Waals surface area contributed by atoms with Gasteiger partial charge in [-0.05, 0) is 12.5 Å². The molecule has 0 atom stereocenters. The maximum Gasteiger partial charge on any atom is 0.263 e. The summed E-state index contributed by atoms with van der Waals surface area (Å²) in [7, 11) is 0. The fraction of sp³-hybridized carbons (Fsp3) is 0.714. The Bertz CT molecular complexity index is 89.6. The van der Waals surface area contributed by atoms with Crippen molar-refractivity contribution in [3.63, 3.8) is 0 Å². The van der Waals surface area contributed by atoms with Gasteiger partial charge in [-0.25, -0.2) is 8.78 Å². The molecule has 0 aliphatic carbocycles. The Labute approximate surface area is 54.6 Å². The highest BCUT2D eigenvalue weighted by atomic mass is 19.3. The molecular formula is C7H12F2. The highest BCUT2D eigenvalue weighted by molar-refractivity contribution is 4.91. The van der Waals surface area contributed by atoms with Crippen LogP contribution in [0.2, 0.25) is 0 Å². The molecule has 0 aromatic carbocycles. The molecule has 0 saturated heterocycles. The molecule has 0 heterocycles. The van der Waals surface area contributed by atoms with Crippen molar-refractivity contribution >= 4 is 0 Å². The van der Waals surface area contributed by atoms with Crippen LogP contribution in [0.4, 0.5) is 8.78 Å². The van der Waals surface area contributed by atoms with Gasteiger partial charge in [-0.15, -0.1) is 0 Å². The Hall–Kier alpha value is -0.400. The second kappa shape index (κ2) is 3.59. The van der Waals surface area contributed by atoms with E-state index in [1.807, 2.05) is 6.92 Å². The first kappa shape index (κ1) is 8.60. The fourth-order valence-corrected chi connectivity index (χ4v) is 0.457. The molecule has 0 nitrogen and oxygen atoms in total. The van der Waals surface area contributed by atoms with Crippen molar-refractivity contribution in [2.45, 2.75) is 32.6 Å². The summed E-state index contributed by atoms with van der Waals surface area (Å²) in [4.78, 5) is 0. The maximum absolute atomic E-state index is 12.0. The van der Waals surface area contributed by atoms with Gasteiger partial charge in [0.2, 0.25) is 0 Å². The molecule has 0 bridgehead atoms. The van der Waals surface area contributed by atoms with Crippen LogP contribution in [0.5, 0.6) is 0 Å². The van der Waals surface area contributed by atoms with Gasteiger partial charge in [-0.3, -0.25) is 0 Å². The highest BCUT2D eigenvalue weighted by Crippen LogP contribution is 2.13. The van der Waals surface area contributed by atoms with Gasteiger partial charge in [0.25, 0.3) is 5.92 Å². The second-order valence-electron chi connectivity index (χ2n) is 2.15. The average Bonchev–Trinajstić information content (AvgIpc) is 1.63. The van der Waals surface area contributed by atoms with Crippen molar-refractivity contribution in [2.75, 3.05) is 0 Å². The largest absolute Gasteiger partial charge is 0.263 e. The third-order valence-corrected chi connectivity index (χ3v) is 0.866. The van der Waals surface area contributed by atoms with Gasteiger partial charge in [-0.2, -0.15) is 0 Å². The lowest BCUT2D eigenvalue weighted by atomic mass is 10.2. The van der Waals surface area contributed by atoms with Crippen molar-refractivity contribution < 1.29 is 8.78 Å². The van der Waals surface area contributed by atoms with E-state index in [0.29, 0.717) is 0 Å². The summed E-state index contributed by atoms with van der Waals surface area (Å²) in [5.41, 5.74) is 0. The van der Waals surface area contributed by atoms with Crippen molar-refractivity contribution in [1.82, 2.24) is 0 Å². The van der Waals surface area contributed by atoms with E-state index in [-0.39, 0.29) is 0 Å². The molecule has 0 aliphatic rings. The van der Waals surface area contributed by atoms with E-state index in [1.165, 1.54) is 6.08 Å². The Morgan fingerprint density at radius 2 is 2.00 bits per heavy atom. The molecule has 0 aromatic rings. The van der Waals surface area contributed by atoms with Crippen molar-refractivity contribution in [2.24, 2.45) is 0 Å². The van der Waals surface area contributed by atoms with Crippen LogP contribution in [-0.4, -0.2) is 5.92 Å². The lowest BCUT2D eigenvalue weighted by molar-refractivity contribution is 0.0771. The van der Waals surface area contributed by atoms with Crippen molar-refractivity contribution in [3.05, 3.63) is 12.2 Å². The third kappa shape index (κ3) is 7.60. The van der Waals surface area contributed by atoms with Crippen molar-refractivity contribution in [1.29, 1.82) is 0 Å². The summed E-state index contributed by atoms with van der Waals surface area (Å²) in [6.45, 7) is 2.84. The first-order valence-corrected chi connectivity index (χ1v) is 3.12. The van der Waals surface area contributed by atoms with Gasteiger partial charge in [0.05, 0.1) is 0 Å². The Morgan fingerprint density at radius 3 is 2.33 bits per heavy atom. The zero-order valence-corrected chi connectivity index (χ0v) is 5.82. The van der Waals surface area contributed by atoms with Gasteiger partial charge in [0.15, 0.2) is 0 Å². The normalized spacial score (nSPS) is 12.9. The highest BCUT2D eigenvalue weighted by Gasteiger charge is 2.14. The van der Waals surface area contributed by atoms with Crippen LogP contribution in [0.15, 0.2) is 12.2 Å². The van der Waals surface area contributed by atoms with E-state index in [9.17, 15) is 8.78 Å². The molecule has 0 fully saturated rings. The maximum atomic E-state index is 12.0. The fourth-order valence-electron chi connectivity index (χ4n) is 0.457. The van der Waals surface area contributed by atoms with Crippen LogP contribution in [0, 0.1) is 0 Å². The summed E-state index contributed by atoms with van der Waals surface area (Å²) >= 11 is 0. The number of hydrogen-bond donors (Lipinski definition) is 0. The predicted molar refractivity (Wildman–Crippen MR) is 34.7 cm³/mol. The zero-order valence-electron chi connectivity index (χ0n) is 5.82. The van der Waals surface area contributed by atoms with Gasteiger partial charge >= 0.3 is 0 Å². The Kier molecular flexibility index (Phi) is 3.43. The van der Waals surface area contributed by atoms with E-state index in [0.717, 1.165) is 25.8 Å². The SMILES string of the molecule is CCCC=CC(C)(F)F. The van der Waals surface area contributed by atoms with Crippen LogP contribution < -0.4 is 0 Å². The molecule has 0 aliphatic heterocycles. The number of rotatable bonds is 3. The van der Waals surface area contributed by atoms with Crippen molar-refractivity contribution in [3.8, 4) is 0 Å². The average molecular weight is 134 g/mol. The minimum Gasteiger partial charge on any atom is -0.202 e. The van der Waals surface area contributed by atoms with E-state index >= 15 is 0 Å². The number of unbranched alkanes of at least 4 members (excludes halogenated alkanes) is 1. The molecule has 9 heavy (non-hydrogen) atoms. The first-order chi connectivity index (χ1) is 4.06. The molecule has 2 heteroatoms. The standard InChI is InChI=1S/C7H12F2/c1-3-4-5-6-7(2,8)9/h5-6H,3-4H2,1-2H3. The number of alkyl halides is 2. The number of allylic oxidation sites excluding steroid dienone is 2. The second-order valence-corrected chi connectivity index (χ2v) is 2.15. The van der Waals surface area contributed by atoms with Crippen LogP contribution >= 0.6 is 0 Å². The Morgan fingerprint density at radius 1 is 1.44 bits per heavy atom. The monoisotopic (exact) mass is 134 g/mol. The topological polar surface area (TPSA) is 0 Å². The summed E-state index contributed by atoms with van der Waals surface area (Å²) in [6, 6.07) is 0. The minimum absolute atomic E-state index is 0.740. The summed E-state index contributed by atoms with van der Waals surface area (Å²) in [6.07, 6.45) is 4.12. The quantitative estimate of drug-likeness (QED) is 0.520. The summed E-state index contributed by atoms with van der Waals surface area (Å²) in [5, 5.41) is 0. The molecule has 0 spiro atoms. The summed E-state index contributed by atoms with van der Waals surface area (Å²) < 4.78 is 23.9. The Balaban J connectivity index is 3.45. The van der Waals surface area contributed by atoms with Gasteiger partial charge in [-0.1, -0.05) is 19.4 Å². The minimum atomic E-state index is -2.63. The zero-order chi connectivity index (χ0) is 7.33. The van der Waals surface area contributed by atoms with Crippen LogP contribution in [-0.2, 0) is 0 Å². The predicted octanol–water partition coefficient (Wildman–Crippen LogP) is 3.00. The lowest BCUT2D eigenvalue weighted by Crippen LogP contribution is -2.02. The molecule has 0 N–H and O–H groups in total. The molecular weight excluding hydrogens is 122 g/mol. The first-order valence-electron chi connectivity index (χ1n) is 3.12. The summed E-state index contributed by atoms with van der Waals surface area (Å²) in [5.74, 6) is -2.63. The number of halogens is 2. The molecule has 0 saturated carbocycles. The van der Waals surface area contributed by atoms with E-state index in [1.54, 1.807) is 0 Å². The molecule has 0 rings (SSSR count). The van der Waals surface area contributed by atoms with Crippen LogP contribution in [0.1, 0.15) is 26.7 Å². The smallest absolute Gasteiger partial charge is 0.202 e.